The number of aliphatic hydroxyl groups excluding tert-OH is 1. The van der Waals surface area contributed by atoms with Crippen LogP contribution in [0.5, 0.6) is 0 Å². The zero-order valence-electron chi connectivity index (χ0n) is 14.4. The molecule has 1 amide bonds. The fourth-order valence-corrected chi connectivity index (χ4v) is 3.88. The Bertz CT molecular complexity index is 657. The van der Waals surface area contributed by atoms with Gasteiger partial charge in [-0.3, -0.25) is 9.59 Å². The van der Waals surface area contributed by atoms with Gasteiger partial charge in [-0.1, -0.05) is 63.4 Å². The minimum atomic E-state index is -0.461. The zero-order chi connectivity index (χ0) is 17.3. The van der Waals surface area contributed by atoms with Gasteiger partial charge in [0.2, 0.25) is 0 Å². The Balaban J connectivity index is 2.06. The molecule has 1 unspecified atom stereocenters. The summed E-state index contributed by atoms with van der Waals surface area (Å²) in [5, 5.41) is 10.5. The van der Waals surface area contributed by atoms with Crippen molar-refractivity contribution >= 4 is 11.7 Å². The number of Topliss-reactive ketones (excluding diaryl/α,β-unsaturated/α-hetero) is 1. The molecule has 0 spiro atoms. The summed E-state index contributed by atoms with van der Waals surface area (Å²) in [5.41, 5.74) is 1.16. The van der Waals surface area contributed by atoms with Gasteiger partial charge in [-0.05, 0) is 18.4 Å². The Morgan fingerprint density at radius 1 is 1.12 bits per heavy atom. The Labute approximate surface area is 143 Å². The molecule has 4 nitrogen and oxygen atoms in total. The second kappa shape index (κ2) is 6.80. The van der Waals surface area contributed by atoms with Crippen LogP contribution < -0.4 is 0 Å². The second-order valence-electron chi connectivity index (χ2n) is 7.10. The van der Waals surface area contributed by atoms with E-state index in [1.54, 1.807) is 18.7 Å². The summed E-state index contributed by atoms with van der Waals surface area (Å²) in [6, 6.07) is 9.23. The average Bonchev–Trinajstić information content (AvgIpc) is 2.87. The quantitative estimate of drug-likeness (QED) is 0.911. The average molecular weight is 327 g/mol. The van der Waals surface area contributed by atoms with E-state index in [-0.39, 0.29) is 35.0 Å². The highest BCUT2D eigenvalue weighted by atomic mass is 16.3. The first-order valence-electron chi connectivity index (χ1n) is 8.87. The third kappa shape index (κ3) is 2.85. The van der Waals surface area contributed by atoms with Gasteiger partial charge in [0.05, 0.1) is 11.6 Å². The van der Waals surface area contributed by atoms with E-state index in [2.05, 4.69) is 0 Å². The minimum absolute atomic E-state index is 0.0936. The maximum Gasteiger partial charge on any atom is 0.290 e. The lowest BCUT2D eigenvalue weighted by Crippen LogP contribution is -2.41. The van der Waals surface area contributed by atoms with Gasteiger partial charge < -0.3 is 10.0 Å². The summed E-state index contributed by atoms with van der Waals surface area (Å²) in [6.07, 6.45) is 5.23. The smallest absolute Gasteiger partial charge is 0.290 e. The third-order valence-corrected chi connectivity index (χ3v) is 5.12. The molecular weight excluding hydrogens is 302 g/mol. The van der Waals surface area contributed by atoms with Crippen LogP contribution in [0, 0.1) is 5.92 Å². The van der Waals surface area contributed by atoms with Crippen LogP contribution in [0.15, 0.2) is 41.7 Å². The van der Waals surface area contributed by atoms with Gasteiger partial charge in [0, 0.05) is 12.0 Å². The predicted molar refractivity (Wildman–Crippen MR) is 92.4 cm³/mol. The van der Waals surface area contributed by atoms with Gasteiger partial charge in [0.1, 0.15) is 0 Å². The summed E-state index contributed by atoms with van der Waals surface area (Å²) >= 11 is 0. The standard InChI is InChI=1S/C20H25NO3/c1-13(2)18(22)16-17(14-9-5-3-6-10-14)21(20(24)19(16)23)15-11-7-4-8-12-15/h3,5-6,9-10,13,15,17,23H,4,7-8,11-12H2,1-2H3. The number of carbonyl (C=O) groups is 2. The molecule has 1 aromatic carbocycles. The SMILES string of the molecule is CC(C)C(=O)C1=C(O)C(=O)N(C2CCCCC2)C1c1ccccc1. The highest BCUT2D eigenvalue weighted by Crippen LogP contribution is 2.42. The molecule has 1 fully saturated rings. The van der Waals surface area contributed by atoms with E-state index in [0.717, 1.165) is 31.2 Å². The molecule has 1 aliphatic heterocycles. The molecule has 0 aromatic heterocycles. The molecular formula is C20H25NO3. The van der Waals surface area contributed by atoms with Gasteiger partial charge >= 0.3 is 0 Å². The molecule has 128 valence electrons. The minimum Gasteiger partial charge on any atom is -0.503 e. The van der Waals surface area contributed by atoms with Gasteiger partial charge in [0.15, 0.2) is 11.5 Å². The van der Waals surface area contributed by atoms with Crippen molar-refractivity contribution in [3.63, 3.8) is 0 Å². The van der Waals surface area contributed by atoms with E-state index >= 15 is 0 Å². The summed E-state index contributed by atoms with van der Waals surface area (Å²) in [7, 11) is 0. The summed E-state index contributed by atoms with van der Waals surface area (Å²) in [6.45, 7) is 3.61. The predicted octanol–water partition coefficient (Wildman–Crippen LogP) is 3.94. The third-order valence-electron chi connectivity index (χ3n) is 5.12. The van der Waals surface area contributed by atoms with E-state index in [9.17, 15) is 14.7 Å². The van der Waals surface area contributed by atoms with Crippen molar-refractivity contribution in [1.29, 1.82) is 0 Å². The number of rotatable bonds is 4. The molecule has 4 heteroatoms. The lowest BCUT2D eigenvalue weighted by atomic mass is 9.88. The van der Waals surface area contributed by atoms with Crippen molar-refractivity contribution in [2.75, 3.05) is 0 Å². The van der Waals surface area contributed by atoms with Crippen LogP contribution >= 0.6 is 0 Å². The first-order valence-corrected chi connectivity index (χ1v) is 8.87. The lowest BCUT2D eigenvalue weighted by molar-refractivity contribution is -0.132. The first kappa shape index (κ1) is 16.7. The van der Waals surface area contributed by atoms with Crippen molar-refractivity contribution in [1.82, 2.24) is 4.90 Å². The monoisotopic (exact) mass is 327 g/mol. The number of nitrogens with zero attached hydrogens (tertiary/aromatic N) is 1. The van der Waals surface area contributed by atoms with E-state index in [0.29, 0.717) is 0 Å². The zero-order valence-corrected chi connectivity index (χ0v) is 14.4. The second-order valence-corrected chi connectivity index (χ2v) is 7.10. The van der Waals surface area contributed by atoms with E-state index in [1.807, 2.05) is 30.3 Å². The summed E-state index contributed by atoms with van der Waals surface area (Å²) in [4.78, 5) is 27.3. The largest absolute Gasteiger partial charge is 0.503 e. The molecule has 1 atom stereocenters. The molecule has 0 bridgehead atoms. The summed E-state index contributed by atoms with van der Waals surface area (Å²) in [5.74, 6) is -1.15. The van der Waals surface area contributed by atoms with Crippen LogP contribution in [0.2, 0.25) is 0 Å². The maximum absolute atomic E-state index is 12.8. The fraction of sp³-hybridized carbons (Fsp3) is 0.500. The van der Waals surface area contributed by atoms with E-state index in [4.69, 9.17) is 0 Å². The lowest BCUT2D eigenvalue weighted by Gasteiger charge is -2.36. The Kier molecular flexibility index (Phi) is 4.74. The van der Waals surface area contributed by atoms with E-state index < -0.39 is 6.04 Å². The van der Waals surface area contributed by atoms with Crippen LogP contribution in [0.3, 0.4) is 0 Å². The summed E-state index contributed by atoms with van der Waals surface area (Å²) < 4.78 is 0. The molecule has 24 heavy (non-hydrogen) atoms. The number of aliphatic hydroxyl groups is 1. The number of hydrogen-bond donors (Lipinski definition) is 1. The molecule has 1 N–H and O–H groups in total. The molecule has 1 heterocycles. The van der Waals surface area contributed by atoms with Crippen LogP contribution in [-0.2, 0) is 9.59 Å². The van der Waals surface area contributed by atoms with Crippen molar-refractivity contribution in [2.24, 2.45) is 5.92 Å². The van der Waals surface area contributed by atoms with Gasteiger partial charge in [-0.15, -0.1) is 0 Å². The van der Waals surface area contributed by atoms with Crippen LogP contribution in [0.25, 0.3) is 0 Å². The maximum atomic E-state index is 12.8. The molecule has 0 saturated heterocycles. The number of carbonyl (C=O) groups excluding carboxylic acids is 2. The topological polar surface area (TPSA) is 57.6 Å². The van der Waals surface area contributed by atoms with E-state index in [1.165, 1.54) is 6.42 Å². The Hall–Kier alpha value is -2.10. The highest BCUT2D eigenvalue weighted by Gasteiger charge is 2.46. The number of hydrogen-bond acceptors (Lipinski definition) is 3. The molecule has 1 saturated carbocycles. The molecule has 3 rings (SSSR count). The van der Waals surface area contributed by atoms with Crippen LogP contribution in [0.4, 0.5) is 0 Å². The number of benzene rings is 1. The highest BCUT2D eigenvalue weighted by molar-refractivity contribution is 6.09. The van der Waals surface area contributed by atoms with Crippen LogP contribution in [0.1, 0.15) is 57.6 Å². The molecule has 0 radical (unpaired) electrons. The first-order chi connectivity index (χ1) is 11.5. The van der Waals surface area contributed by atoms with Crippen LogP contribution in [-0.4, -0.2) is 27.7 Å². The van der Waals surface area contributed by atoms with Crippen molar-refractivity contribution in [3.05, 3.63) is 47.2 Å². The van der Waals surface area contributed by atoms with Gasteiger partial charge in [-0.2, -0.15) is 0 Å². The molecule has 2 aliphatic rings. The van der Waals surface area contributed by atoms with Crippen molar-refractivity contribution in [3.8, 4) is 0 Å². The normalized spacial score (nSPS) is 22.5. The Morgan fingerprint density at radius 2 is 1.75 bits per heavy atom. The number of amides is 1. The van der Waals surface area contributed by atoms with Crippen molar-refractivity contribution < 1.29 is 14.7 Å². The van der Waals surface area contributed by atoms with Crippen molar-refractivity contribution in [2.45, 2.75) is 58.0 Å². The molecule has 1 aliphatic carbocycles. The molecule has 1 aromatic rings. The number of ketones is 1. The Morgan fingerprint density at radius 3 is 2.33 bits per heavy atom. The van der Waals surface area contributed by atoms with Gasteiger partial charge in [-0.25, -0.2) is 0 Å². The van der Waals surface area contributed by atoms with Gasteiger partial charge in [0.25, 0.3) is 5.91 Å². The fourth-order valence-electron chi connectivity index (χ4n) is 3.88.